The summed E-state index contributed by atoms with van der Waals surface area (Å²) >= 11 is 0. The van der Waals surface area contributed by atoms with E-state index in [4.69, 9.17) is 4.98 Å². The molecule has 3 aromatic heterocycles. The van der Waals surface area contributed by atoms with Gasteiger partial charge in [0, 0.05) is 55.7 Å². The molecule has 0 aliphatic heterocycles. The number of nitrogens with zero attached hydrogens (tertiary/aromatic N) is 7. The van der Waals surface area contributed by atoms with Crippen LogP contribution >= 0.6 is 0 Å². The molecule has 11 nitrogen and oxygen atoms in total. The lowest BCUT2D eigenvalue weighted by Gasteiger charge is -2.36. The Kier molecular flexibility index (Phi) is 9.79. The zero-order valence-electron chi connectivity index (χ0n) is 24.7. The summed E-state index contributed by atoms with van der Waals surface area (Å²) in [5, 5.41) is 23.5. The van der Waals surface area contributed by atoms with E-state index in [9.17, 15) is 10.1 Å². The smallest absolute Gasteiger partial charge is 0.323 e. The molecule has 0 atom stereocenters. The number of unbranched alkanes of at least 4 members (excludes halogenated alkanes) is 1. The van der Waals surface area contributed by atoms with Gasteiger partial charge in [0.05, 0.1) is 12.4 Å². The molecule has 43 heavy (non-hydrogen) atoms. The molecule has 0 bridgehead atoms. The van der Waals surface area contributed by atoms with Crippen molar-refractivity contribution in [2.75, 3.05) is 22.1 Å². The quantitative estimate of drug-likeness (QED) is 0.199. The fraction of sp³-hybridized carbons (Fsp3) is 0.375. The fourth-order valence-corrected chi connectivity index (χ4v) is 5.30. The number of anilines is 3. The molecule has 0 radical (unpaired) electrons. The molecule has 2 amide bonds. The summed E-state index contributed by atoms with van der Waals surface area (Å²) < 4.78 is 1.76. The van der Waals surface area contributed by atoms with E-state index in [0.29, 0.717) is 29.7 Å². The number of hydrogen-bond donors (Lipinski definition) is 3. The van der Waals surface area contributed by atoms with E-state index in [0.717, 1.165) is 61.8 Å². The first-order valence-corrected chi connectivity index (χ1v) is 14.9. The summed E-state index contributed by atoms with van der Waals surface area (Å²) in [6, 6.07) is 15.9. The van der Waals surface area contributed by atoms with Gasteiger partial charge < -0.3 is 16.0 Å². The number of hydrogen-bond acceptors (Lipinski definition) is 8. The molecule has 0 spiro atoms. The van der Waals surface area contributed by atoms with E-state index in [2.05, 4.69) is 44.0 Å². The number of pyridine rings is 1. The van der Waals surface area contributed by atoms with Crippen molar-refractivity contribution >= 4 is 23.6 Å². The maximum absolute atomic E-state index is 13.6. The van der Waals surface area contributed by atoms with Crippen molar-refractivity contribution in [3.63, 3.8) is 0 Å². The van der Waals surface area contributed by atoms with Gasteiger partial charge in [0.2, 0.25) is 5.95 Å². The number of benzene rings is 1. The summed E-state index contributed by atoms with van der Waals surface area (Å²) in [6.45, 7) is 3.31. The number of amides is 2. The molecular weight excluding hydrogens is 540 g/mol. The third-order valence-corrected chi connectivity index (χ3v) is 7.67. The first-order chi connectivity index (χ1) is 21.0. The molecule has 11 heteroatoms. The molecule has 5 rings (SSSR count). The second-order valence-electron chi connectivity index (χ2n) is 10.8. The van der Waals surface area contributed by atoms with E-state index in [1.807, 2.05) is 55.7 Å². The van der Waals surface area contributed by atoms with Crippen molar-refractivity contribution in [1.29, 1.82) is 5.26 Å². The van der Waals surface area contributed by atoms with Crippen LogP contribution in [-0.4, -0.2) is 49.4 Å². The predicted octanol–water partition coefficient (Wildman–Crippen LogP) is 5.50. The van der Waals surface area contributed by atoms with Gasteiger partial charge in [-0.3, -0.25) is 9.58 Å². The van der Waals surface area contributed by atoms with Gasteiger partial charge >= 0.3 is 6.03 Å². The Morgan fingerprint density at radius 1 is 1.05 bits per heavy atom. The minimum Gasteiger partial charge on any atom is -0.369 e. The third kappa shape index (κ3) is 7.65. The topological polar surface area (TPSA) is 137 Å². The van der Waals surface area contributed by atoms with Crippen LogP contribution in [0.4, 0.5) is 22.4 Å². The number of urea groups is 1. The van der Waals surface area contributed by atoms with Gasteiger partial charge in [-0.05, 0) is 49.8 Å². The molecule has 4 aromatic rings. The average Bonchev–Trinajstić information content (AvgIpc) is 3.48. The van der Waals surface area contributed by atoms with Crippen molar-refractivity contribution in [2.45, 2.75) is 64.1 Å². The van der Waals surface area contributed by atoms with Crippen LogP contribution in [0.1, 0.15) is 56.6 Å². The SMILES string of the molecule is CCCCNc1nc(NC2CCC(N(C(=O)NCc3ccccc3)c3ccc(-c4cnn(C)c4)cn3)CC2)ncc1C#N. The molecule has 1 aliphatic carbocycles. The highest BCUT2D eigenvalue weighted by molar-refractivity contribution is 5.91. The fourth-order valence-electron chi connectivity index (χ4n) is 5.30. The monoisotopic (exact) mass is 578 g/mol. The summed E-state index contributed by atoms with van der Waals surface area (Å²) in [6.07, 6.45) is 12.4. The number of carbonyl (C=O) groups is 1. The van der Waals surface area contributed by atoms with Crippen LogP contribution in [0.5, 0.6) is 0 Å². The number of nitriles is 1. The van der Waals surface area contributed by atoms with Gasteiger partial charge in [0.1, 0.15) is 23.3 Å². The zero-order chi connectivity index (χ0) is 30.0. The lowest BCUT2D eigenvalue weighted by Crippen LogP contribution is -2.49. The maximum atomic E-state index is 13.6. The molecule has 3 N–H and O–H groups in total. The molecular formula is C32H38N10O. The largest absolute Gasteiger partial charge is 0.369 e. The van der Waals surface area contributed by atoms with Crippen LogP contribution in [-0.2, 0) is 13.6 Å². The van der Waals surface area contributed by atoms with Crippen molar-refractivity contribution in [3.05, 3.63) is 78.4 Å². The van der Waals surface area contributed by atoms with Gasteiger partial charge in [-0.1, -0.05) is 43.7 Å². The Bertz CT molecular complexity index is 1520. The van der Waals surface area contributed by atoms with Crippen LogP contribution in [0, 0.1) is 11.3 Å². The number of rotatable bonds is 11. The first kappa shape index (κ1) is 29.5. The van der Waals surface area contributed by atoms with E-state index < -0.39 is 0 Å². The Morgan fingerprint density at radius 3 is 2.53 bits per heavy atom. The molecule has 3 heterocycles. The number of nitrogens with one attached hydrogen (secondary N) is 3. The van der Waals surface area contributed by atoms with Crippen LogP contribution in [0.2, 0.25) is 0 Å². The second kappa shape index (κ2) is 14.3. The number of aryl methyl sites for hydroxylation is 1. The van der Waals surface area contributed by atoms with Crippen molar-refractivity contribution in [3.8, 4) is 17.2 Å². The minimum absolute atomic E-state index is 0.0151. The van der Waals surface area contributed by atoms with Crippen LogP contribution in [0.25, 0.3) is 11.1 Å². The van der Waals surface area contributed by atoms with Crippen molar-refractivity contribution in [2.24, 2.45) is 7.05 Å². The molecule has 0 unspecified atom stereocenters. The zero-order valence-corrected chi connectivity index (χ0v) is 24.7. The van der Waals surface area contributed by atoms with Gasteiger partial charge in [-0.15, -0.1) is 0 Å². The van der Waals surface area contributed by atoms with Gasteiger partial charge in [-0.2, -0.15) is 15.3 Å². The molecule has 0 saturated heterocycles. The Labute approximate surface area is 252 Å². The highest BCUT2D eigenvalue weighted by Gasteiger charge is 2.31. The summed E-state index contributed by atoms with van der Waals surface area (Å²) in [7, 11) is 1.88. The van der Waals surface area contributed by atoms with Crippen LogP contribution in [0.15, 0.2) is 67.3 Å². The maximum Gasteiger partial charge on any atom is 0.323 e. The normalized spacial score (nSPS) is 16.2. The van der Waals surface area contributed by atoms with Gasteiger partial charge in [0.25, 0.3) is 0 Å². The first-order valence-electron chi connectivity index (χ1n) is 14.9. The second-order valence-corrected chi connectivity index (χ2v) is 10.8. The molecule has 1 fully saturated rings. The predicted molar refractivity (Wildman–Crippen MR) is 167 cm³/mol. The Balaban J connectivity index is 1.27. The third-order valence-electron chi connectivity index (χ3n) is 7.67. The Morgan fingerprint density at radius 2 is 1.86 bits per heavy atom. The van der Waals surface area contributed by atoms with Crippen LogP contribution < -0.4 is 20.9 Å². The van der Waals surface area contributed by atoms with Gasteiger partial charge in [-0.25, -0.2) is 14.8 Å². The molecule has 1 saturated carbocycles. The summed E-state index contributed by atoms with van der Waals surface area (Å²) in [5.41, 5.74) is 3.39. The summed E-state index contributed by atoms with van der Waals surface area (Å²) in [4.78, 5) is 29.1. The minimum atomic E-state index is -0.167. The van der Waals surface area contributed by atoms with Crippen molar-refractivity contribution in [1.82, 2.24) is 30.0 Å². The van der Waals surface area contributed by atoms with E-state index in [1.54, 1.807) is 28.2 Å². The number of aromatic nitrogens is 5. The summed E-state index contributed by atoms with van der Waals surface area (Å²) in [5.74, 6) is 1.68. The molecule has 222 valence electrons. The standard InChI is InChI=1S/C32H38N10O/c1-3-4-16-34-30-25(17-33)20-36-31(40-30)39-27-11-13-28(14-12-27)42(32(43)37-18-23-8-6-5-7-9-23)29-15-10-24(19-35-29)26-21-38-41(2)22-26/h5-10,15,19-22,27-28H,3-4,11-14,16,18H2,1-2H3,(H,37,43)(H2,34,36,39,40). The highest BCUT2D eigenvalue weighted by atomic mass is 16.2. The lowest BCUT2D eigenvalue weighted by atomic mass is 9.90. The van der Waals surface area contributed by atoms with Crippen molar-refractivity contribution < 1.29 is 4.79 Å². The van der Waals surface area contributed by atoms with Crippen LogP contribution in [0.3, 0.4) is 0 Å². The highest BCUT2D eigenvalue weighted by Crippen LogP contribution is 2.29. The van der Waals surface area contributed by atoms with E-state index >= 15 is 0 Å². The van der Waals surface area contributed by atoms with E-state index in [-0.39, 0.29) is 18.1 Å². The molecule has 1 aromatic carbocycles. The van der Waals surface area contributed by atoms with Gasteiger partial charge in [0.15, 0.2) is 0 Å². The van der Waals surface area contributed by atoms with E-state index in [1.165, 1.54) is 0 Å². The number of carbonyl (C=O) groups excluding carboxylic acids is 1. The molecule has 1 aliphatic rings. The lowest BCUT2D eigenvalue weighted by molar-refractivity contribution is 0.240. The Hall–Kier alpha value is -4.98. The average molecular weight is 579 g/mol.